The first-order valence-corrected chi connectivity index (χ1v) is 4.63. The van der Waals surface area contributed by atoms with Gasteiger partial charge in [0.25, 0.3) is 0 Å². The molecule has 0 saturated carbocycles. The van der Waals surface area contributed by atoms with Gasteiger partial charge in [0, 0.05) is 12.4 Å². The van der Waals surface area contributed by atoms with Crippen molar-refractivity contribution >= 4 is 25.3 Å². The Morgan fingerprint density at radius 3 is 2.44 bits per heavy atom. The molecule has 1 aliphatic rings. The molecule has 1 unspecified atom stereocenters. The average Bonchev–Trinajstić information content (AvgIpc) is 2.43. The summed E-state index contributed by atoms with van der Waals surface area (Å²) in [6, 6.07) is 0. The van der Waals surface area contributed by atoms with Crippen LogP contribution in [0.4, 0.5) is 0 Å². The Hall–Kier alpha value is 0.660. The molecule has 1 aliphatic heterocycles. The van der Waals surface area contributed by atoms with Crippen LogP contribution in [0.1, 0.15) is 12.8 Å². The van der Waals surface area contributed by atoms with E-state index in [4.69, 9.17) is 4.74 Å². The van der Waals surface area contributed by atoms with Crippen LogP contribution in [0, 0.1) is 0 Å². The lowest BCUT2D eigenvalue weighted by molar-refractivity contribution is 0.129. The van der Waals surface area contributed by atoms with Gasteiger partial charge in [-0.25, -0.2) is 0 Å². The van der Waals surface area contributed by atoms with Gasteiger partial charge in [-0.05, 0) is 19.1 Å². The van der Waals surface area contributed by atoms with Crippen molar-refractivity contribution in [2.75, 3.05) is 18.6 Å². The van der Waals surface area contributed by atoms with E-state index in [2.05, 4.69) is 25.3 Å². The van der Waals surface area contributed by atoms with Crippen molar-refractivity contribution < 1.29 is 4.74 Å². The molecule has 9 heavy (non-hydrogen) atoms. The lowest BCUT2D eigenvalue weighted by atomic mass is 10.3. The average molecular weight is 166 g/mol. The number of ether oxygens (including phenoxy) is 1. The molecular weight excluding hydrogens is 152 g/mol. The Morgan fingerprint density at radius 1 is 1.56 bits per heavy atom. The molecule has 1 saturated heterocycles. The van der Waals surface area contributed by atoms with Gasteiger partial charge in [-0.1, -0.05) is 0 Å². The van der Waals surface area contributed by atoms with Crippen LogP contribution >= 0.6 is 25.3 Å². The molecule has 0 bridgehead atoms. The second-order valence-electron chi connectivity index (χ2n) is 1.82. The fourth-order valence-corrected chi connectivity index (χ4v) is 1.08. The van der Waals surface area contributed by atoms with E-state index in [0.717, 1.165) is 12.4 Å². The number of hydrogen-bond acceptors (Lipinski definition) is 3. The molecular formula is C6H14OS2. The maximum Gasteiger partial charge on any atom is 0.0663 e. The van der Waals surface area contributed by atoms with Crippen LogP contribution in [-0.4, -0.2) is 24.7 Å². The highest BCUT2D eigenvalue weighted by molar-refractivity contribution is 7.80. The predicted octanol–water partition coefficient (Wildman–Crippen LogP) is 1.64. The molecule has 0 aromatic heterocycles. The molecule has 1 nitrogen and oxygen atoms in total. The molecule has 3 heteroatoms. The summed E-state index contributed by atoms with van der Waals surface area (Å²) in [5, 5.41) is 0. The highest BCUT2D eigenvalue weighted by Gasteiger charge is 2.11. The van der Waals surface area contributed by atoms with Crippen molar-refractivity contribution in [3.05, 3.63) is 0 Å². The second-order valence-corrected chi connectivity index (χ2v) is 2.18. The maximum absolute atomic E-state index is 5.23. The van der Waals surface area contributed by atoms with E-state index in [0.29, 0.717) is 6.10 Å². The predicted molar refractivity (Wildman–Crippen MR) is 47.7 cm³/mol. The Balaban J connectivity index is 0.000000291. The fraction of sp³-hybridized carbons (Fsp3) is 1.00. The number of hydrogen-bond donors (Lipinski definition) is 2. The molecule has 1 fully saturated rings. The summed E-state index contributed by atoms with van der Waals surface area (Å²) in [5.74, 6) is 0.889. The van der Waals surface area contributed by atoms with Gasteiger partial charge < -0.3 is 4.74 Å². The van der Waals surface area contributed by atoms with Crippen molar-refractivity contribution in [3.63, 3.8) is 0 Å². The normalized spacial score (nSPS) is 25.0. The maximum atomic E-state index is 5.23. The molecule has 0 spiro atoms. The lowest BCUT2D eigenvalue weighted by Crippen LogP contribution is -2.04. The Kier molecular flexibility index (Phi) is 7.27. The molecule has 0 aliphatic carbocycles. The van der Waals surface area contributed by atoms with E-state index >= 15 is 0 Å². The third kappa shape index (κ3) is 4.12. The Morgan fingerprint density at radius 2 is 2.22 bits per heavy atom. The molecule has 56 valence electrons. The van der Waals surface area contributed by atoms with Crippen LogP contribution in [0.15, 0.2) is 0 Å². The van der Waals surface area contributed by atoms with Gasteiger partial charge in [0.05, 0.1) is 6.10 Å². The highest BCUT2D eigenvalue weighted by atomic mass is 32.1. The zero-order valence-electron chi connectivity index (χ0n) is 5.71. The summed E-state index contributed by atoms with van der Waals surface area (Å²) in [6.45, 7) is 0.950. The summed E-state index contributed by atoms with van der Waals surface area (Å²) in [5.41, 5.74) is 0. The summed E-state index contributed by atoms with van der Waals surface area (Å²) in [7, 11) is 0. The third-order valence-corrected chi connectivity index (χ3v) is 1.63. The van der Waals surface area contributed by atoms with Gasteiger partial charge in [-0.15, -0.1) is 0 Å². The minimum absolute atomic E-state index is 0.461. The SMILES string of the molecule is CS.SCC1CCCO1. The van der Waals surface area contributed by atoms with E-state index in [9.17, 15) is 0 Å². The highest BCUT2D eigenvalue weighted by Crippen LogP contribution is 2.11. The number of rotatable bonds is 1. The zero-order chi connectivity index (χ0) is 7.11. The van der Waals surface area contributed by atoms with Crippen LogP contribution in [0.5, 0.6) is 0 Å². The molecule has 0 aromatic carbocycles. The summed E-state index contributed by atoms with van der Waals surface area (Å²) < 4.78 is 5.23. The van der Waals surface area contributed by atoms with E-state index < -0.39 is 0 Å². The summed E-state index contributed by atoms with van der Waals surface area (Å²) >= 11 is 7.62. The second kappa shape index (κ2) is 6.78. The van der Waals surface area contributed by atoms with Gasteiger partial charge in [0.15, 0.2) is 0 Å². The van der Waals surface area contributed by atoms with Gasteiger partial charge in [0.1, 0.15) is 0 Å². The van der Waals surface area contributed by atoms with Gasteiger partial charge in [-0.2, -0.15) is 25.3 Å². The number of thiol groups is 2. The van der Waals surface area contributed by atoms with Gasteiger partial charge >= 0.3 is 0 Å². The Bertz CT molecular complexity index is 53.0. The summed E-state index contributed by atoms with van der Waals surface area (Å²) in [4.78, 5) is 0. The van der Waals surface area contributed by atoms with Crippen molar-refractivity contribution in [1.29, 1.82) is 0 Å². The standard InChI is InChI=1S/C5H10OS.CH4S/c7-4-5-2-1-3-6-5;1-2/h5,7H,1-4H2;2H,1H3. The zero-order valence-corrected chi connectivity index (χ0v) is 7.50. The monoisotopic (exact) mass is 166 g/mol. The van der Waals surface area contributed by atoms with E-state index in [-0.39, 0.29) is 0 Å². The topological polar surface area (TPSA) is 9.23 Å². The van der Waals surface area contributed by atoms with Crippen molar-refractivity contribution in [2.24, 2.45) is 0 Å². The summed E-state index contributed by atoms with van der Waals surface area (Å²) in [6.07, 6.45) is 4.60. The fourth-order valence-electron chi connectivity index (χ4n) is 0.788. The molecule has 1 heterocycles. The van der Waals surface area contributed by atoms with Crippen LogP contribution in [0.2, 0.25) is 0 Å². The van der Waals surface area contributed by atoms with Crippen LogP contribution in [0.3, 0.4) is 0 Å². The van der Waals surface area contributed by atoms with E-state index in [1.54, 1.807) is 6.26 Å². The molecule has 0 N–H and O–H groups in total. The molecule has 0 aromatic rings. The third-order valence-electron chi connectivity index (χ3n) is 1.23. The van der Waals surface area contributed by atoms with E-state index in [1.165, 1.54) is 12.8 Å². The van der Waals surface area contributed by atoms with Crippen molar-refractivity contribution in [2.45, 2.75) is 18.9 Å². The largest absolute Gasteiger partial charge is 0.377 e. The molecule has 0 radical (unpaired) electrons. The lowest BCUT2D eigenvalue weighted by Gasteiger charge is -2.00. The Labute approximate surface area is 68.0 Å². The first-order valence-electron chi connectivity index (χ1n) is 3.10. The minimum Gasteiger partial charge on any atom is -0.377 e. The van der Waals surface area contributed by atoms with E-state index in [1.807, 2.05) is 0 Å². The van der Waals surface area contributed by atoms with Crippen molar-refractivity contribution in [3.8, 4) is 0 Å². The molecule has 1 atom stereocenters. The van der Waals surface area contributed by atoms with Crippen LogP contribution < -0.4 is 0 Å². The molecule has 0 amide bonds. The van der Waals surface area contributed by atoms with Gasteiger partial charge in [-0.3, -0.25) is 0 Å². The van der Waals surface area contributed by atoms with Gasteiger partial charge in [0.2, 0.25) is 0 Å². The van der Waals surface area contributed by atoms with Crippen LogP contribution in [-0.2, 0) is 4.74 Å². The first kappa shape index (κ1) is 9.66. The quantitative estimate of drug-likeness (QED) is 0.563. The first-order chi connectivity index (χ1) is 4.43. The minimum atomic E-state index is 0.461. The van der Waals surface area contributed by atoms with Crippen molar-refractivity contribution in [1.82, 2.24) is 0 Å². The molecule has 1 rings (SSSR count). The smallest absolute Gasteiger partial charge is 0.0663 e. The van der Waals surface area contributed by atoms with Crippen LogP contribution in [0.25, 0.3) is 0 Å².